The third-order valence-electron chi connectivity index (χ3n) is 9.67. The van der Waals surface area contributed by atoms with Crippen LogP contribution in [0.2, 0.25) is 0 Å². The Morgan fingerprint density at radius 1 is 0.805 bits per heavy atom. The fourth-order valence-corrected chi connectivity index (χ4v) is 6.86. The molecule has 1 saturated heterocycles. The molecule has 1 atom stereocenters. The van der Waals surface area contributed by atoms with Gasteiger partial charge in [-0.05, 0) is 102 Å². The van der Waals surface area contributed by atoms with E-state index in [0.717, 1.165) is 90.3 Å². The number of carbonyl (C=O) groups is 2. The summed E-state index contributed by atoms with van der Waals surface area (Å²) in [6.07, 6.45) is 24.9. The van der Waals surface area contributed by atoms with E-state index in [1.54, 1.807) is 0 Å². The normalized spacial score (nSPS) is 18.8. The number of rotatable bonds is 24. The molecular formula is C35H65NO5. The highest BCUT2D eigenvalue weighted by Gasteiger charge is 2.42. The molecule has 1 aliphatic carbocycles. The Bertz CT molecular complexity index is 661. The van der Waals surface area contributed by atoms with Crippen LogP contribution in [0.1, 0.15) is 162 Å². The van der Waals surface area contributed by atoms with E-state index in [2.05, 4.69) is 18.7 Å². The minimum Gasteiger partial charge on any atom is -0.465 e. The highest BCUT2D eigenvalue weighted by molar-refractivity contribution is 5.72. The lowest BCUT2D eigenvalue weighted by Gasteiger charge is -2.39. The SMILES string of the molecule is CCCCCCCC(CCCCCCC)C(=O)OCCCCCC(=O)OC1CCC2(CCN(CCCCO)CC2)C1. The fourth-order valence-electron chi connectivity index (χ4n) is 6.86. The number of carbonyl (C=O) groups excluding carboxylic acids is 2. The van der Waals surface area contributed by atoms with Gasteiger partial charge in [0.1, 0.15) is 6.10 Å². The van der Waals surface area contributed by atoms with Crippen LogP contribution >= 0.6 is 0 Å². The maximum absolute atomic E-state index is 12.8. The standard InChI is InChI=1S/C35H65NO5/c1-3-5-7-9-12-18-31(19-13-10-8-6-4-2)34(39)40-29-17-11-14-20-33(38)41-32-21-22-35(30-32)23-26-36(27-24-35)25-15-16-28-37/h31-32,37H,3-30H2,1-2H3. The number of hydrogen-bond donors (Lipinski definition) is 1. The molecule has 6 nitrogen and oxygen atoms in total. The van der Waals surface area contributed by atoms with Crippen LogP contribution in [0.4, 0.5) is 0 Å². The molecule has 1 unspecified atom stereocenters. The molecule has 2 rings (SSSR count). The lowest BCUT2D eigenvalue weighted by Crippen LogP contribution is -2.39. The van der Waals surface area contributed by atoms with Crippen molar-refractivity contribution in [2.45, 2.75) is 168 Å². The largest absolute Gasteiger partial charge is 0.465 e. The van der Waals surface area contributed by atoms with E-state index in [9.17, 15) is 9.59 Å². The molecule has 1 aliphatic heterocycles. The molecule has 1 N–H and O–H groups in total. The van der Waals surface area contributed by atoms with Gasteiger partial charge in [0.15, 0.2) is 0 Å². The summed E-state index contributed by atoms with van der Waals surface area (Å²) in [5.41, 5.74) is 0.366. The highest BCUT2D eigenvalue weighted by atomic mass is 16.5. The zero-order valence-electron chi connectivity index (χ0n) is 27.0. The van der Waals surface area contributed by atoms with Crippen LogP contribution in [0.5, 0.6) is 0 Å². The number of piperidine rings is 1. The molecule has 0 aromatic rings. The Morgan fingerprint density at radius 2 is 1.44 bits per heavy atom. The van der Waals surface area contributed by atoms with Gasteiger partial charge < -0.3 is 19.5 Å². The zero-order valence-corrected chi connectivity index (χ0v) is 27.0. The van der Waals surface area contributed by atoms with Crippen LogP contribution in [-0.4, -0.2) is 60.9 Å². The number of aliphatic hydroxyl groups is 1. The molecule has 1 heterocycles. The summed E-state index contributed by atoms with van der Waals surface area (Å²) in [5.74, 6) is -0.000298. The van der Waals surface area contributed by atoms with Crippen LogP contribution in [0, 0.1) is 11.3 Å². The predicted molar refractivity (Wildman–Crippen MR) is 168 cm³/mol. The number of aliphatic hydroxyl groups excluding tert-OH is 1. The summed E-state index contributed by atoms with van der Waals surface area (Å²) in [4.78, 5) is 27.8. The third kappa shape index (κ3) is 15.8. The number of hydrogen-bond acceptors (Lipinski definition) is 6. The number of likely N-dealkylation sites (tertiary alicyclic amines) is 1. The molecular weight excluding hydrogens is 514 g/mol. The van der Waals surface area contributed by atoms with Crippen molar-refractivity contribution in [3.8, 4) is 0 Å². The zero-order chi connectivity index (χ0) is 29.6. The Labute approximate surface area is 252 Å². The third-order valence-corrected chi connectivity index (χ3v) is 9.67. The molecule has 240 valence electrons. The molecule has 0 radical (unpaired) electrons. The lowest BCUT2D eigenvalue weighted by molar-refractivity contribution is -0.150. The van der Waals surface area contributed by atoms with Crippen LogP contribution in [0.25, 0.3) is 0 Å². The summed E-state index contributed by atoms with van der Waals surface area (Å²) in [5, 5.41) is 9.00. The second kappa shape index (κ2) is 22.4. The smallest absolute Gasteiger partial charge is 0.308 e. The van der Waals surface area contributed by atoms with Gasteiger partial charge in [-0.2, -0.15) is 0 Å². The van der Waals surface area contributed by atoms with Gasteiger partial charge in [-0.15, -0.1) is 0 Å². The Morgan fingerprint density at radius 3 is 2.07 bits per heavy atom. The molecule has 2 aliphatic rings. The molecule has 0 aromatic heterocycles. The second-order valence-electron chi connectivity index (χ2n) is 13.2. The van der Waals surface area contributed by atoms with Gasteiger partial charge in [0.05, 0.1) is 12.5 Å². The van der Waals surface area contributed by atoms with Crippen molar-refractivity contribution in [3.63, 3.8) is 0 Å². The van der Waals surface area contributed by atoms with E-state index < -0.39 is 0 Å². The first-order valence-electron chi connectivity index (χ1n) is 17.7. The summed E-state index contributed by atoms with van der Waals surface area (Å²) in [6, 6.07) is 0. The minimum absolute atomic E-state index is 0.00143. The van der Waals surface area contributed by atoms with E-state index in [1.165, 1.54) is 70.6 Å². The Hall–Kier alpha value is -1.14. The van der Waals surface area contributed by atoms with Crippen LogP contribution in [-0.2, 0) is 19.1 Å². The van der Waals surface area contributed by atoms with Gasteiger partial charge in [0.2, 0.25) is 0 Å². The van der Waals surface area contributed by atoms with Gasteiger partial charge in [-0.1, -0.05) is 78.1 Å². The van der Waals surface area contributed by atoms with Crippen molar-refractivity contribution < 1.29 is 24.2 Å². The fraction of sp³-hybridized carbons (Fsp3) is 0.943. The van der Waals surface area contributed by atoms with E-state index in [4.69, 9.17) is 14.6 Å². The molecule has 2 fully saturated rings. The number of unbranched alkanes of at least 4 members (excludes halogenated alkanes) is 11. The summed E-state index contributed by atoms with van der Waals surface area (Å²) in [7, 11) is 0. The summed E-state index contributed by atoms with van der Waals surface area (Å²) < 4.78 is 11.6. The van der Waals surface area contributed by atoms with Gasteiger partial charge in [-0.25, -0.2) is 0 Å². The van der Waals surface area contributed by atoms with E-state index in [-0.39, 0.29) is 30.6 Å². The van der Waals surface area contributed by atoms with Crippen LogP contribution in [0.3, 0.4) is 0 Å². The van der Waals surface area contributed by atoms with Crippen molar-refractivity contribution in [1.29, 1.82) is 0 Å². The monoisotopic (exact) mass is 579 g/mol. The van der Waals surface area contributed by atoms with Gasteiger partial charge in [-0.3, -0.25) is 9.59 Å². The predicted octanol–water partition coefficient (Wildman–Crippen LogP) is 8.38. The van der Waals surface area contributed by atoms with Crippen molar-refractivity contribution >= 4 is 11.9 Å². The van der Waals surface area contributed by atoms with Crippen molar-refractivity contribution in [1.82, 2.24) is 4.90 Å². The van der Waals surface area contributed by atoms with Gasteiger partial charge in [0, 0.05) is 13.0 Å². The maximum Gasteiger partial charge on any atom is 0.308 e. The Kier molecular flexibility index (Phi) is 19.7. The summed E-state index contributed by atoms with van der Waals surface area (Å²) >= 11 is 0. The number of esters is 2. The molecule has 1 saturated carbocycles. The molecule has 0 amide bonds. The average molecular weight is 580 g/mol. The molecule has 6 heteroatoms. The molecule has 0 aromatic carbocycles. The molecule has 0 bridgehead atoms. The molecule has 41 heavy (non-hydrogen) atoms. The molecule has 1 spiro atoms. The number of ether oxygens (including phenoxy) is 2. The second-order valence-corrected chi connectivity index (χ2v) is 13.2. The van der Waals surface area contributed by atoms with E-state index in [1.807, 2.05) is 0 Å². The first-order chi connectivity index (χ1) is 20.0. The quantitative estimate of drug-likeness (QED) is 0.0914. The Balaban J connectivity index is 1.55. The van der Waals surface area contributed by atoms with Crippen LogP contribution < -0.4 is 0 Å². The van der Waals surface area contributed by atoms with Crippen molar-refractivity contribution in [2.75, 3.05) is 32.8 Å². The topological polar surface area (TPSA) is 76.1 Å². The van der Waals surface area contributed by atoms with E-state index in [0.29, 0.717) is 18.4 Å². The number of nitrogens with zero attached hydrogens (tertiary/aromatic N) is 1. The van der Waals surface area contributed by atoms with Crippen LogP contribution in [0.15, 0.2) is 0 Å². The van der Waals surface area contributed by atoms with Crippen molar-refractivity contribution in [2.24, 2.45) is 11.3 Å². The minimum atomic E-state index is -0.0586. The average Bonchev–Trinajstić information content (AvgIpc) is 3.36. The highest BCUT2D eigenvalue weighted by Crippen LogP contribution is 2.47. The van der Waals surface area contributed by atoms with Crippen molar-refractivity contribution in [3.05, 3.63) is 0 Å². The maximum atomic E-state index is 12.8. The summed E-state index contributed by atoms with van der Waals surface area (Å²) in [6.45, 7) is 8.59. The van der Waals surface area contributed by atoms with Gasteiger partial charge in [0.25, 0.3) is 0 Å². The first-order valence-corrected chi connectivity index (χ1v) is 17.7. The first kappa shape index (κ1) is 36.1. The van der Waals surface area contributed by atoms with Gasteiger partial charge >= 0.3 is 11.9 Å². The van der Waals surface area contributed by atoms with E-state index >= 15 is 0 Å². The lowest BCUT2D eigenvalue weighted by atomic mass is 9.77.